The van der Waals surface area contributed by atoms with E-state index in [1.54, 1.807) is 0 Å². The highest BCUT2D eigenvalue weighted by Crippen LogP contribution is 2.33. The van der Waals surface area contributed by atoms with Gasteiger partial charge in [0.25, 0.3) is 0 Å². The average Bonchev–Trinajstić information content (AvgIpc) is 3.46. The SMILES string of the molecule is C=C(NC(=NC(N)c1cc#cc2oc3ccccc3c12)c1ccc2ccc3ccccc3c2c1)C1C=Cc2ccccc2C1. The van der Waals surface area contributed by atoms with Gasteiger partial charge in [0.1, 0.15) is 17.6 Å². The molecule has 4 heteroatoms. The average molecular weight is 568 g/mol. The fourth-order valence-corrected chi connectivity index (χ4v) is 6.33. The first-order valence-corrected chi connectivity index (χ1v) is 14.8. The lowest BCUT2D eigenvalue weighted by Crippen LogP contribution is -2.30. The summed E-state index contributed by atoms with van der Waals surface area (Å²) in [5.74, 6) is 0.773. The second-order valence-electron chi connectivity index (χ2n) is 11.3. The molecule has 0 fully saturated rings. The maximum Gasteiger partial charge on any atom is 0.186 e. The van der Waals surface area contributed by atoms with E-state index in [9.17, 15) is 0 Å². The van der Waals surface area contributed by atoms with Gasteiger partial charge in [0.05, 0.1) is 0 Å². The molecule has 44 heavy (non-hydrogen) atoms. The zero-order valence-corrected chi connectivity index (χ0v) is 24.0. The Labute approximate surface area is 255 Å². The van der Waals surface area contributed by atoms with Crippen LogP contribution in [-0.2, 0) is 6.42 Å². The summed E-state index contributed by atoms with van der Waals surface area (Å²) in [6, 6.07) is 43.7. The van der Waals surface area contributed by atoms with E-state index in [0.717, 1.165) is 45.0 Å². The molecule has 1 heterocycles. The third kappa shape index (κ3) is 4.52. The van der Waals surface area contributed by atoms with Crippen molar-refractivity contribution in [2.24, 2.45) is 16.6 Å². The third-order valence-corrected chi connectivity index (χ3v) is 8.63. The highest BCUT2D eigenvalue weighted by Gasteiger charge is 2.20. The number of hydrogen-bond donors (Lipinski definition) is 2. The molecule has 0 saturated carbocycles. The summed E-state index contributed by atoms with van der Waals surface area (Å²) in [4.78, 5) is 5.14. The standard InChI is InChI=1S/C40H29N3O/c1-25(29-21-17-26-9-2-3-11-30(26)23-29)42-40(31-22-20-28-19-18-27-10-4-5-12-32(27)35(28)24-31)43-39(41)34-14-8-16-37-38(34)33-13-6-7-15-36(33)44-37/h2-7,9-15,17-22,24,29,39H,1,23,41H2,(H,42,43). The van der Waals surface area contributed by atoms with Crippen LogP contribution in [-0.4, -0.2) is 5.84 Å². The number of benzene rings is 5. The summed E-state index contributed by atoms with van der Waals surface area (Å²) in [5.41, 5.74) is 13.5. The molecule has 1 aliphatic carbocycles. The molecule has 8 rings (SSSR count). The number of fused-ring (bicyclic) bond motifs is 7. The zero-order chi connectivity index (χ0) is 29.6. The lowest BCUT2D eigenvalue weighted by Gasteiger charge is -2.24. The highest BCUT2D eigenvalue weighted by molar-refractivity contribution is 6.11. The van der Waals surface area contributed by atoms with Gasteiger partial charge >= 0.3 is 0 Å². The molecule has 4 nitrogen and oxygen atoms in total. The van der Waals surface area contributed by atoms with E-state index in [2.05, 4.69) is 115 Å². The Morgan fingerprint density at radius 3 is 2.55 bits per heavy atom. The summed E-state index contributed by atoms with van der Waals surface area (Å²) >= 11 is 0. The predicted octanol–water partition coefficient (Wildman–Crippen LogP) is 8.89. The normalized spacial score (nSPS) is 15.4. The third-order valence-electron chi connectivity index (χ3n) is 8.63. The lowest BCUT2D eigenvalue weighted by molar-refractivity contribution is 0.668. The van der Waals surface area contributed by atoms with E-state index >= 15 is 0 Å². The second-order valence-corrected chi connectivity index (χ2v) is 11.3. The summed E-state index contributed by atoms with van der Waals surface area (Å²) in [6.45, 7) is 4.48. The number of rotatable bonds is 5. The van der Waals surface area contributed by atoms with Crippen LogP contribution >= 0.6 is 0 Å². The second kappa shape index (κ2) is 10.6. The zero-order valence-electron chi connectivity index (χ0n) is 24.0. The monoisotopic (exact) mass is 567 g/mol. The van der Waals surface area contributed by atoms with Gasteiger partial charge in [-0.2, -0.15) is 0 Å². The van der Waals surface area contributed by atoms with Crippen LogP contribution in [0, 0.1) is 18.1 Å². The van der Waals surface area contributed by atoms with Gasteiger partial charge in [-0.05, 0) is 63.4 Å². The molecule has 6 aromatic carbocycles. The van der Waals surface area contributed by atoms with Crippen molar-refractivity contribution in [2.45, 2.75) is 12.6 Å². The largest absolute Gasteiger partial charge is 0.447 e. The molecule has 0 spiro atoms. The molecule has 210 valence electrons. The molecular weight excluding hydrogens is 538 g/mol. The number of hydrogen-bond acceptors (Lipinski definition) is 3. The van der Waals surface area contributed by atoms with Crippen molar-refractivity contribution in [3.05, 3.63) is 162 Å². The number of aliphatic imine (C=N–C) groups is 1. The Hall–Kier alpha value is -5.63. The molecule has 7 aromatic rings. The molecule has 1 aliphatic rings. The van der Waals surface area contributed by atoms with E-state index in [-0.39, 0.29) is 5.92 Å². The fourth-order valence-electron chi connectivity index (χ4n) is 6.33. The first-order chi connectivity index (χ1) is 21.6. The fraction of sp³-hybridized carbons (Fsp3) is 0.0750. The number of amidine groups is 1. The summed E-state index contributed by atoms with van der Waals surface area (Å²) in [7, 11) is 0. The molecule has 2 atom stereocenters. The van der Waals surface area contributed by atoms with Crippen molar-refractivity contribution in [1.29, 1.82) is 0 Å². The van der Waals surface area contributed by atoms with E-state index in [4.69, 9.17) is 15.1 Å². The van der Waals surface area contributed by atoms with Gasteiger partial charge in [-0.3, -0.25) is 0 Å². The van der Waals surface area contributed by atoms with Gasteiger partial charge in [-0.15, -0.1) is 0 Å². The minimum Gasteiger partial charge on any atom is -0.447 e. The van der Waals surface area contributed by atoms with Gasteiger partial charge in [-0.1, -0.05) is 116 Å². The molecule has 1 aromatic heterocycles. The molecule has 3 N–H and O–H groups in total. The van der Waals surface area contributed by atoms with Crippen molar-refractivity contribution >= 4 is 55.4 Å². The van der Waals surface area contributed by atoms with Gasteiger partial charge in [0, 0.05) is 33.5 Å². The topological polar surface area (TPSA) is 63.5 Å². The Morgan fingerprint density at radius 1 is 0.886 bits per heavy atom. The molecule has 0 amide bonds. The minimum atomic E-state index is -0.689. The molecule has 0 saturated heterocycles. The molecule has 0 bridgehead atoms. The first kappa shape index (κ1) is 26.0. The minimum absolute atomic E-state index is 0.108. The van der Waals surface area contributed by atoms with Gasteiger partial charge < -0.3 is 15.5 Å². The molecule has 0 radical (unpaired) electrons. The highest BCUT2D eigenvalue weighted by atomic mass is 16.3. The van der Waals surface area contributed by atoms with Crippen LogP contribution in [0.5, 0.6) is 0 Å². The molecular formula is C40H29N3O. The van der Waals surface area contributed by atoms with Crippen molar-refractivity contribution in [2.75, 3.05) is 0 Å². The smallest absolute Gasteiger partial charge is 0.186 e. The van der Waals surface area contributed by atoms with E-state index in [1.807, 2.05) is 30.3 Å². The number of allylic oxidation sites excluding steroid dienone is 1. The van der Waals surface area contributed by atoms with Crippen LogP contribution in [0.25, 0.3) is 49.6 Å². The van der Waals surface area contributed by atoms with Crippen molar-refractivity contribution in [3.8, 4) is 0 Å². The van der Waals surface area contributed by atoms with Gasteiger partial charge in [0.15, 0.2) is 5.58 Å². The maximum absolute atomic E-state index is 6.92. The Kier molecular flexibility index (Phi) is 6.26. The van der Waals surface area contributed by atoms with Crippen LogP contribution in [0.1, 0.15) is 28.4 Å². The quantitative estimate of drug-likeness (QED) is 0.124. The van der Waals surface area contributed by atoms with E-state index in [1.165, 1.54) is 27.3 Å². The predicted molar refractivity (Wildman–Crippen MR) is 181 cm³/mol. The summed E-state index contributed by atoms with van der Waals surface area (Å²) in [6.07, 6.45) is 4.57. The number of nitrogens with one attached hydrogen (secondary N) is 1. The van der Waals surface area contributed by atoms with Crippen LogP contribution in [0.15, 0.2) is 137 Å². The van der Waals surface area contributed by atoms with Crippen LogP contribution in [0.3, 0.4) is 0 Å². The van der Waals surface area contributed by atoms with Crippen LogP contribution in [0.4, 0.5) is 0 Å². The number of para-hydroxylation sites is 1. The number of nitrogens with zero attached hydrogens (tertiary/aromatic N) is 1. The lowest BCUT2D eigenvalue weighted by atomic mass is 9.88. The first-order valence-electron chi connectivity index (χ1n) is 14.8. The number of nitrogens with two attached hydrogens (primary N) is 1. The summed E-state index contributed by atoms with van der Waals surface area (Å²) in [5, 5.41) is 10.2. The summed E-state index contributed by atoms with van der Waals surface area (Å²) < 4.78 is 6.07. The Balaban J connectivity index is 1.24. The maximum atomic E-state index is 6.92. The van der Waals surface area contributed by atoms with E-state index < -0.39 is 6.17 Å². The van der Waals surface area contributed by atoms with Gasteiger partial charge in [-0.25, -0.2) is 4.99 Å². The van der Waals surface area contributed by atoms with E-state index in [0.29, 0.717) is 11.4 Å². The van der Waals surface area contributed by atoms with Crippen molar-refractivity contribution in [1.82, 2.24) is 5.32 Å². The Morgan fingerprint density at radius 2 is 1.64 bits per heavy atom. The van der Waals surface area contributed by atoms with Crippen molar-refractivity contribution < 1.29 is 4.42 Å². The Bertz CT molecular complexity index is 2290. The van der Waals surface area contributed by atoms with Crippen molar-refractivity contribution in [3.63, 3.8) is 0 Å². The number of furan rings is 1. The molecule has 0 aliphatic heterocycles. The van der Waals surface area contributed by atoms with Crippen LogP contribution < -0.4 is 11.1 Å². The molecule has 2 unspecified atom stereocenters. The van der Waals surface area contributed by atoms with Crippen LogP contribution in [0.2, 0.25) is 0 Å². The van der Waals surface area contributed by atoms with Gasteiger partial charge in [0.2, 0.25) is 0 Å².